The standard InChI is InChI=1S/C20H20N4O4S/c1-3-13(2)23-19(26)16-9-4-5-10-17(16)22-20(23)29-12-18(25)21-14-7-6-8-15(11-14)24(27)28/h4-11,13H,3,12H2,1-2H3,(H,21,25)/t13-/m0/s1. The summed E-state index contributed by atoms with van der Waals surface area (Å²) in [6.07, 6.45) is 0.743. The molecule has 0 fully saturated rings. The minimum absolute atomic E-state index is 0.0178. The quantitative estimate of drug-likeness (QED) is 0.272. The van der Waals surface area contributed by atoms with Crippen molar-refractivity contribution in [3.63, 3.8) is 0 Å². The van der Waals surface area contributed by atoms with Crippen molar-refractivity contribution in [2.75, 3.05) is 11.1 Å². The van der Waals surface area contributed by atoms with Gasteiger partial charge in [-0.05, 0) is 31.5 Å². The molecular weight excluding hydrogens is 392 g/mol. The number of nitro groups is 1. The van der Waals surface area contributed by atoms with Gasteiger partial charge in [0.15, 0.2) is 5.16 Å². The van der Waals surface area contributed by atoms with Crippen molar-refractivity contribution in [3.8, 4) is 0 Å². The van der Waals surface area contributed by atoms with E-state index in [-0.39, 0.29) is 28.9 Å². The van der Waals surface area contributed by atoms with E-state index in [1.54, 1.807) is 28.8 Å². The van der Waals surface area contributed by atoms with Crippen molar-refractivity contribution in [2.45, 2.75) is 31.5 Å². The van der Waals surface area contributed by atoms with E-state index in [4.69, 9.17) is 0 Å². The fourth-order valence-corrected chi connectivity index (χ4v) is 3.72. The Kier molecular flexibility index (Phi) is 6.28. The monoisotopic (exact) mass is 412 g/mol. The number of hydrogen-bond acceptors (Lipinski definition) is 6. The second kappa shape index (κ2) is 8.87. The maximum atomic E-state index is 12.9. The van der Waals surface area contributed by atoms with Crippen LogP contribution in [-0.2, 0) is 4.79 Å². The molecule has 8 nitrogen and oxygen atoms in total. The first-order valence-electron chi connectivity index (χ1n) is 9.09. The van der Waals surface area contributed by atoms with Crippen LogP contribution in [0.25, 0.3) is 10.9 Å². The predicted molar refractivity (Wildman–Crippen MR) is 113 cm³/mol. The van der Waals surface area contributed by atoms with E-state index in [1.165, 1.54) is 18.2 Å². The number of benzene rings is 2. The molecule has 0 aliphatic heterocycles. The Morgan fingerprint density at radius 3 is 2.76 bits per heavy atom. The number of non-ortho nitro benzene ring substituents is 1. The third kappa shape index (κ3) is 4.62. The summed E-state index contributed by atoms with van der Waals surface area (Å²) in [7, 11) is 0. The zero-order valence-corrected chi connectivity index (χ0v) is 16.8. The van der Waals surface area contributed by atoms with E-state index in [1.807, 2.05) is 19.9 Å². The first kappa shape index (κ1) is 20.5. The van der Waals surface area contributed by atoms with Gasteiger partial charge in [0.1, 0.15) is 0 Å². The van der Waals surface area contributed by atoms with Gasteiger partial charge in [-0.2, -0.15) is 0 Å². The van der Waals surface area contributed by atoms with Crippen molar-refractivity contribution in [1.29, 1.82) is 0 Å². The number of carbonyl (C=O) groups excluding carboxylic acids is 1. The summed E-state index contributed by atoms with van der Waals surface area (Å²) in [4.78, 5) is 40.2. The highest BCUT2D eigenvalue weighted by atomic mass is 32.2. The number of nitrogens with zero attached hydrogens (tertiary/aromatic N) is 3. The number of nitrogens with one attached hydrogen (secondary N) is 1. The topological polar surface area (TPSA) is 107 Å². The van der Waals surface area contributed by atoms with Gasteiger partial charge in [-0.15, -0.1) is 0 Å². The molecule has 0 aliphatic rings. The number of thioether (sulfide) groups is 1. The Morgan fingerprint density at radius 1 is 1.28 bits per heavy atom. The van der Waals surface area contributed by atoms with E-state index in [0.29, 0.717) is 21.7 Å². The molecule has 0 saturated carbocycles. The molecule has 1 atom stereocenters. The summed E-state index contributed by atoms with van der Waals surface area (Å²) in [5.41, 5.74) is 0.693. The van der Waals surface area contributed by atoms with Gasteiger partial charge in [0.05, 0.1) is 21.6 Å². The van der Waals surface area contributed by atoms with Gasteiger partial charge in [0, 0.05) is 23.9 Å². The molecule has 9 heteroatoms. The summed E-state index contributed by atoms with van der Waals surface area (Å²) >= 11 is 1.16. The van der Waals surface area contributed by atoms with Crippen molar-refractivity contribution in [3.05, 3.63) is 69.0 Å². The molecular formula is C20H20N4O4S. The lowest BCUT2D eigenvalue weighted by atomic mass is 10.2. The van der Waals surface area contributed by atoms with E-state index in [2.05, 4.69) is 10.3 Å². The molecule has 3 rings (SSSR count). The second-order valence-corrected chi connectivity index (χ2v) is 7.43. The lowest BCUT2D eigenvalue weighted by Gasteiger charge is -2.18. The van der Waals surface area contributed by atoms with Gasteiger partial charge in [-0.1, -0.05) is 36.9 Å². The highest BCUT2D eigenvalue weighted by molar-refractivity contribution is 7.99. The number of para-hydroxylation sites is 1. The Labute approximate surface area is 171 Å². The Morgan fingerprint density at radius 2 is 2.03 bits per heavy atom. The van der Waals surface area contributed by atoms with Crippen LogP contribution in [0.5, 0.6) is 0 Å². The third-order valence-electron chi connectivity index (χ3n) is 4.48. The molecule has 2 aromatic carbocycles. The maximum Gasteiger partial charge on any atom is 0.271 e. The summed E-state index contributed by atoms with van der Waals surface area (Å²) in [6, 6.07) is 12.8. The Bertz CT molecular complexity index is 1130. The van der Waals surface area contributed by atoms with Crippen LogP contribution >= 0.6 is 11.8 Å². The first-order chi connectivity index (χ1) is 13.9. The maximum absolute atomic E-state index is 12.9. The smallest absolute Gasteiger partial charge is 0.271 e. The van der Waals surface area contributed by atoms with Gasteiger partial charge in [-0.3, -0.25) is 24.3 Å². The predicted octanol–water partition coefficient (Wildman–Crippen LogP) is 4.01. The normalized spacial score (nSPS) is 11.9. The third-order valence-corrected chi connectivity index (χ3v) is 5.43. The van der Waals surface area contributed by atoms with Crippen molar-refractivity contribution in [1.82, 2.24) is 9.55 Å². The van der Waals surface area contributed by atoms with Gasteiger partial charge in [0.25, 0.3) is 11.2 Å². The molecule has 1 amide bonds. The average molecular weight is 412 g/mol. The zero-order chi connectivity index (χ0) is 21.0. The number of nitro benzene ring substituents is 1. The summed E-state index contributed by atoms with van der Waals surface area (Å²) in [5.74, 6) is -0.321. The average Bonchev–Trinajstić information content (AvgIpc) is 2.72. The Hall–Kier alpha value is -3.20. The molecule has 1 N–H and O–H groups in total. The van der Waals surface area contributed by atoms with Crippen LogP contribution in [0.4, 0.5) is 11.4 Å². The summed E-state index contributed by atoms with van der Waals surface area (Å²) in [5, 5.41) is 14.5. The summed E-state index contributed by atoms with van der Waals surface area (Å²) < 4.78 is 1.62. The molecule has 3 aromatic rings. The molecule has 0 radical (unpaired) electrons. The SMILES string of the molecule is CC[C@H](C)n1c(SCC(=O)Nc2cccc([N+](=O)[O-])c2)nc2ccccc2c1=O. The number of anilines is 1. The number of rotatable bonds is 7. The first-order valence-corrected chi connectivity index (χ1v) is 10.1. The van der Waals surface area contributed by atoms with Crippen LogP contribution in [-0.4, -0.2) is 26.1 Å². The zero-order valence-electron chi connectivity index (χ0n) is 16.0. The molecule has 0 aliphatic carbocycles. The molecule has 0 bridgehead atoms. The van der Waals surface area contributed by atoms with E-state index >= 15 is 0 Å². The fraction of sp³-hybridized carbons (Fsp3) is 0.250. The highest BCUT2D eigenvalue weighted by Gasteiger charge is 2.17. The van der Waals surface area contributed by atoms with Crippen LogP contribution in [0.2, 0.25) is 0 Å². The molecule has 29 heavy (non-hydrogen) atoms. The van der Waals surface area contributed by atoms with Crippen molar-refractivity contribution < 1.29 is 9.72 Å². The minimum atomic E-state index is -0.520. The second-order valence-electron chi connectivity index (χ2n) is 6.49. The number of amides is 1. The van der Waals surface area contributed by atoms with Crippen LogP contribution in [0.15, 0.2) is 58.5 Å². The number of aromatic nitrogens is 2. The molecule has 1 heterocycles. The van der Waals surface area contributed by atoms with Crippen LogP contribution in [0, 0.1) is 10.1 Å². The number of hydrogen-bond donors (Lipinski definition) is 1. The molecule has 150 valence electrons. The van der Waals surface area contributed by atoms with E-state index in [0.717, 1.165) is 18.2 Å². The largest absolute Gasteiger partial charge is 0.325 e. The van der Waals surface area contributed by atoms with E-state index in [9.17, 15) is 19.7 Å². The lowest BCUT2D eigenvalue weighted by Crippen LogP contribution is -2.26. The van der Waals surface area contributed by atoms with Crippen LogP contribution in [0.1, 0.15) is 26.3 Å². The Balaban J connectivity index is 1.82. The molecule has 0 spiro atoms. The number of fused-ring (bicyclic) bond motifs is 1. The van der Waals surface area contributed by atoms with Gasteiger partial charge < -0.3 is 5.32 Å². The lowest BCUT2D eigenvalue weighted by molar-refractivity contribution is -0.384. The van der Waals surface area contributed by atoms with Crippen molar-refractivity contribution >= 4 is 39.9 Å². The van der Waals surface area contributed by atoms with Gasteiger partial charge in [-0.25, -0.2) is 4.98 Å². The van der Waals surface area contributed by atoms with Crippen LogP contribution < -0.4 is 10.9 Å². The van der Waals surface area contributed by atoms with Crippen LogP contribution in [0.3, 0.4) is 0 Å². The van der Waals surface area contributed by atoms with E-state index < -0.39 is 4.92 Å². The fourth-order valence-electron chi connectivity index (χ4n) is 2.82. The highest BCUT2D eigenvalue weighted by Crippen LogP contribution is 2.23. The molecule has 0 unspecified atom stereocenters. The molecule has 1 aromatic heterocycles. The van der Waals surface area contributed by atoms with Gasteiger partial charge >= 0.3 is 0 Å². The summed E-state index contributed by atoms with van der Waals surface area (Å²) in [6.45, 7) is 3.92. The van der Waals surface area contributed by atoms with Gasteiger partial charge in [0.2, 0.25) is 5.91 Å². The molecule has 0 saturated heterocycles. The number of carbonyl (C=O) groups is 1. The van der Waals surface area contributed by atoms with Crippen molar-refractivity contribution in [2.24, 2.45) is 0 Å². The minimum Gasteiger partial charge on any atom is -0.325 e.